The lowest BCUT2D eigenvalue weighted by Gasteiger charge is -2.48. The second kappa shape index (κ2) is 12.5. The molecule has 8 rings (SSSR count). The van der Waals surface area contributed by atoms with Gasteiger partial charge >= 0.3 is 0 Å². The second-order valence-corrected chi connectivity index (χ2v) is 14.5. The Kier molecular flexibility index (Phi) is 8.13. The molecule has 3 aromatic heterocycles. The van der Waals surface area contributed by atoms with Crippen LogP contribution in [0.5, 0.6) is 0 Å². The molecule has 4 aromatic rings. The Morgan fingerprint density at radius 2 is 1.84 bits per heavy atom. The highest BCUT2D eigenvalue weighted by Gasteiger charge is 2.55. The molecule has 1 saturated carbocycles. The van der Waals surface area contributed by atoms with Crippen molar-refractivity contribution in [1.29, 1.82) is 0 Å². The van der Waals surface area contributed by atoms with Gasteiger partial charge in [0.15, 0.2) is 11.6 Å². The number of nitrogens with one attached hydrogen (secondary N) is 1. The van der Waals surface area contributed by atoms with Crippen LogP contribution in [0.25, 0.3) is 22.3 Å². The van der Waals surface area contributed by atoms with Gasteiger partial charge in [-0.1, -0.05) is 25.5 Å². The number of aromatic nitrogens is 4. The third-order valence-electron chi connectivity index (χ3n) is 11.8. The fraction of sp³-hybridized carbons (Fsp3) is 0.500. The standard InChI is InChI=1S/C38H45FN8O2/c1-4-24(2)46-23-41-33-21-32(43-36(35(33)46)42-31-10-13-40-22-30(31)39)26-8-9-29-34(18-26)47(28-19-27(20-28)45-14-6-5-7-15-45)37(49)38(29)11-16-44(17-12-38)25(3)48/h8-10,13,18,21-24,27-28H,4-7,11-12,14-17,19-20H2,1-3H3,(H,40,42,43)/t24-,27-,28+/m0/s1. The lowest BCUT2D eigenvalue weighted by atomic mass is 9.73. The van der Waals surface area contributed by atoms with Gasteiger partial charge in [-0.3, -0.25) is 14.6 Å². The van der Waals surface area contributed by atoms with E-state index in [9.17, 15) is 14.0 Å². The summed E-state index contributed by atoms with van der Waals surface area (Å²) in [6.07, 6.45) is 12.5. The summed E-state index contributed by atoms with van der Waals surface area (Å²) in [7, 11) is 0. The monoisotopic (exact) mass is 664 g/mol. The van der Waals surface area contributed by atoms with Crippen molar-refractivity contribution in [3.05, 3.63) is 60.4 Å². The van der Waals surface area contributed by atoms with Crippen LogP contribution < -0.4 is 10.2 Å². The van der Waals surface area contributed by atoms with Gasteiger partial charge in [0.2, 0.25) is 11.8 Å². The van der Waals surface area contributed by atoms with E-state index in [1.807, 2.05) is 17.3 Å². The minimum Gasteiger partial charge on any atom is -0.343 e. The maximum absolute atomic E-state index is 14.8. The second-order valence-electron chi connectivity index (χ2n) is 14.5. The first kappa shape index (κ1) is 31.9. The molecule has 2 amide bonds. The van der Waals surface area contributed by atoms with E-state index in [1.165, 1.54) is 25.5 Å². The van der Waals surface area contributed by atoms with Crippen LogP contribution in [0.15, 0.2) is 49.1 Å². The predicted molar refractivity (Wildman–Crippen MR) is 188 cm³/mol. The minimum atomic E-state index is -0.631. The summed E-state index contributed by atoms with van der Waals surface area (Å²) in [4.78, 5) is 47.3. The number of rotatable bonds is 7. The fourth-order valence-electron chi connectivity index (χ4n) is 8.58. The van der Waals surface area contributed by atoms with Crippen LogP contribution in [0, 0.1) is 5.82 Å². The van der Waals surface area contributed by atoms with E-state index < -0.39 is 11.2 Å². The molecule has 10 nitrogen and oxygen atoms in total. The molecule has 1 spiro atoms. The zero-order valence-electron chi connectivity index (χ0n) is 28.7. The molecular weight excluding hydrogens is 619 g/mol. The lowest BCUT2D eigenvalue weighted by Crippen LogP contribution is -2.58. The van der Waals surface area contributed by atoms with Gasteiger partial charge in [-0.25, -0.2) is 14.4 Å². The summed E-state index contributed by atoms with van der Waals surface area (Å²) in [6.45, 7) is 9.32. The van der Waals surface area contributed by atoms with Gasteiger partial charge in [0.05, 0.1) is 34.8 Å². The number of nitrogens with zero attached hydrogens (tertiary/aromatic N) is 7. The highest BCUT2D eigenvalue weighted by atomic mass is 19.1. The summed E-state index contributed by atoms with van der Waals surface area (Å²) in [5.41, 5.74) is 4.81. The smallest absolute Gasteiger partial charge is 0.238 e. The van der Waals surface area contributed by atoms with Gasteiger partial charge in [-0.2, -0.15) is 0 Å². The maximum atomic E-state index is 14.8. The van der Waals surface area contributed by atoms with Crippen molar-refractivity contribution in [2.24, 2.45) is 0 Å². The largest absolute Gasteiger partial charge is 0.343 e. The molecular formula is C38H45FN8O2. The summed E-state index contributed by atoms with van der Waals surface area (Å²) in [5, 5.41) is 3.24. The average molecular weight is 665 g/mol. The molecule has 3 aliphatic heterocycles. The van der Waals surface area contributed by atoms with Gasteiger partial charge in [-0.15, -0.1) is 0 Å². The number of halogens is 1. The third kappa shape index (κ3) is 5.37. The Labute approximate surface area is 286 Å². The predicted octanol–water partition coefficient (Wildman–Crippen LogP) is 6.59. The molecule has 2 saturated heterocycles. The molecule has 49 heavy (non-hydrogen) atoms. The highest BCUT2D eigenvalue weighted by molar-refractivity contribution is 6.09. The number of carbonyl (C=O) groups is 2. The van der Waals surface area contributed by atoms with E-state index in [4.69, 9.17) is 9.97 Å². The number of likely N-dealkylation sites (tertiary alicyclic amines) is 2. The van der Waals surface area contributed by atoms with E-state index in [0.717, 1.165) is 60.2 Å². The molecule has 11 heteroatoms. The summed E-state index contributed by atoms with van der Waals surface area (Å²) in [5.74, 6) is 0.287. The van der Waals surface area contributed by atoms with Crippen molar-refractivity contribution in [2.45, 2.75) is 95.7 Å². The Morgan fingerprint density at radius 1 is 1.06 bits per heavy atom. The van der Waals surface area contributed by atoms with Crippen molar-refractivity contribution in [2.75, 3.05) is 36.4 Å². The summed E-state index contributed by atoms with van der Waals surface area (Å²) in [6, 6.07) is 10.7. The van der Waals surface area contributed by atoms with Crippen molar-refractivity contribution in [3.63, 3.8) is 0 Å². The number of pyridine rings is 2. The molecule has 1 N–H and O–H groups in total. The topological polar surface area (TPSA) is 99.5 Å². The fourth-order valence-corrected chi connectivity index (χ4v) is 8.58. The van der Waals surface area contributed by atoms with Crippen molar-refractivity contribution in [3.8, 4) is 11.3 Å². The van der Waals surface area contributed by atoms with E-state index >= 15 is 0 Å². The Bertz CT molecular complexity index is 1900. The molecule has 0 radical (unpaired) electrons. The number of amides is 2. The molecule has 1 aliphatic carbocycles. The lowest BCUT2D eigenvalue weighted by molar-refractivity contribution is -0.134. The van der Waals surface area contributed by atoms with Crippen molar-refractivity contribution >= 4 is 40.0 Å². The van der Waals surface area contributed by atoms with Gasteiger partial charge in [0, 0.05) is 55.6 Å². The molecule has 0 bridgehead atoms. The Balaban J connectivity index is 1.20. The normalized spacial score (nSPS) is 22.7. The molecule has 1 aromatic carbocycles. The van der Waals surface area contributed by atoms with E-state index in [1.54, 1.807) is 19.2 Å². The van der Waals surface area contributed by atoms with Crippen molar-refractivity contribution in [1.82, 2.24) is 29.3 Å². The number of imidazole rings is 1. The first-order chi connectivity index (χ1) is 23.8. The first-order valence-corrected chi connectivity index (χ1v) is 18.0. The van der Waals surface area contributed by atoms with Crippen LogP contribution in [-0.4, -0.2) is 79.4 Å². The van der Waals surface area contributed by atoms with Crippen LogP contribution in [-0.2, 0) is 15.0 Å². The zero-order chi connectivity index (χ0) is 33.9. The molecule has 4 aliphatic rings. The van der Waals surface area contributed by atoms with Crippen LogP contribution in [0.1, 0.15) is 83.7 Å². The SMILES string of the molecule is CC[C@H](C)n1cnc2cc(-c3ccc4c(c3)N([C@H]3C[C@@H](N5CCCCC5)C3)C(=O)C43CCN(C(C)=O)CC3)nc(Nc3ccncc3F)c21. The Morgan fingerprint density at radius 3 is 2.55 bits per heavy atom. The summed E-state index contributed by atoms with van der Waals surface area (Å²) < 4.78 is 16.9. The molecule has 3 fully saturated rings. The highest BCUT2D eigenvalue weighted by Crippen LogP contribution is 2.52. The maximum Gasteiger partial charge on any atom is 0.238 e. The van der Waals surface area contributed by atoms with Crippen molar-refractivity contribution < 1.29 is 14.0 Å². The number of fused-ring (bicyclic) bond motifs is 3. The van der Waals surface area contributed by atoms with Gasteiger partial charge in [0.25, 0.3) is 0 Å². The number of hydrogen-bond acceptors (Lipinski definition) is 7. The van der Waals surface area contributed by atoms with Crippen LogP contribution in [0.3, 0.4) is 0 Å². The molecule has 0 unspecified atom stereocenters. The number of carbonyl (C=O) groups excluding carboxylic acids is 2. The third-order valence-corrected chi connectivity index (χ3v) is 11.8. The van der Waals surface area contributed by atoms with Crippen LogP contribution >= 0.6 is 0 Å². The van der Waals surface area contributed by atoms with Gasteiger partial charge in [-0.05, 0) is 88.7 Å². The van der Waals surface area contributed by atoms with Gasteiger partial charge < -0.3 is 24.6 Å². The van der Waals surface area contributed by atoms with E-state index in [0.29, 0.717) is 43.5 Å². The molecule has 256 valence electrons. The zero-order valence-corrected chi connectivity index (χ0v) is 28.7. The number of hydrogen-bond donors (Lipinski definition) is 1. The molecule has 1 atom stereocenters. The van der Waals surface area contributed by atoms with E-state index in [2.05, 4.69) is 56.7 Å². The molecule has 6 heterocycles. The quantitative estimate of drug-likeness (QED) is 0.238. The van der Waals surface area contributed by atoms with E-state index in [-0.39, 0.29) is 29.6 Å². The Hall–Kier alpha value is -4.38. The van der Waals surface area contributed by atoms with Crippen LogP contribution in [0.4, 0.5) is 21.6 Å². The summed E-state index contributed by atoms with van der Waals surface area (Å²) >= 11 is 0. The van der Waals surface area contributed by atoms with Gasteiger partial charge in [0.1, 0.15) is 5.52 Å². The minimum absolute atomic E-state index is 0.0596. The number of benzene rings is 1. The first-order valence-electron chi connectivity index (χ1n) is 18.0. The number of anilines is 3. The van der Waals surface area contributed by atoms with Crippen LogP contribution in [0.2, 0.25) is 0 Å². The average Bonchev–Trinajstić information content (AvgIpc) is 3.63. The number of piperidine rings is 2.